The Labute approximate surface area is 214 Å². The van der Waals surface area contributed by atoms with Gasteiger partial charge in [-0.05, 0) is 66.1 Å². The lowest BCUT2D eigenvalue weighted by atomic mass is 9.98. The van der Waals surface area contributed by atoms with Gasteiger partial charge in [-0.15, -0.1) is 0 Å². The molecule has 2 heterocycles. The van der Waals surface area contributed by atoms with Gasteiger partial charge in [-0.1, -0.05) is 17.7 Å². The summed E-state index contributed by atoms with van der Waals surface area (Å²) >= 11 is 6.18. The van der Waals surface area contributed by atoms with Crippen molar-refractivity contribution in [2.24, 2.45) is 0 Å². The normalized spacial score (nSPS) is 21.2. The Kier molecular flexibility index (Phi) is 7.33. The zero-order valence-corrected chi connectivity index (χ0v) is 21.3. The van der Waals surface area contributed by atoms with Gasteiger partial charge >= 0.3 is 10.2 Å². The van der Waals surface area contributed by atoms with Crippen LogP contribution >= 0.6 is 11.6 Å². The van der Waals surface area contributed by atoms with Gasteiger partial charge in [-0.2, -0.15) is 12.7 Å². The molecule has 2 saturated heterocycles. The van der Waals surface area contributed by atoms with Crippen molar-refractivity contribution in [3.05, 3.63) is 69.2 Å². The highest BCUT2D eigenvalue weighted by molar-refractivity contribution is 7.87. The molecular weight excluding hydrogens is 512 g/mol. The van der Waals surface area contributed by atoms with E-state index in [0.29, 0.717) is 50.8 Å². The minimum Gasteiger partial charge on any atom is -0.375 e. The third kappa shape index (κ3) is 5.73. The summed E-state index contributed by atoms with van der Waals surface area (Å²) in [5, 5.41) is 0.360. The molecule has 7 nitrogen and oxygen atoms in total. The molecule has 2 aromatic carbocycles. The molecule has 1 unspecified atom stereocenters. The molecule has 5 rings (SSSR count). The highest BCUT2D eigenvalue weighted by Gasteiger charge is 2.33. The van der Waals surface area contributed by atoms with Gasteiger partial charge in [0.25, 0.3) is 5.91 Å². The molecule has 3 fully saturated rings. The van der Waals surface area contributed by atoms with Gasteiger partial charge in [0.1, 0.15) is 11.6 Å². The topological polar surface area (TPSA) is 79.0 Å². The Morgan fingerprint density at radius 2 is 1.89 bits per heavy atom. The van der Waals surface area contributed by atoms with Crippen LogP contribution < -0.4 is 4.72 Å². The summed E-state index contributed by atoms with van der Waals surface area (Å²) in [5.74, 6) is -1.85. The Bertz CT molecular complexity index is 1270. The molecule has 0 radical (unpaired) electrons. The molecule has 11 heteroatoms. The van der Waals surface area contributed by atoms with Crippen molar-refractivity contribution in [1.82, 2.24) is 13.9 Å². The average Bonchev–Trinajstić information content (AvgIpc) is 3.59. The molecule has 0 aromatic heterocycles. The van der Waals surface area contributed by atoms with E-state index < -0.39 is 21.9 Å². The first-order valence-corrected chi connectivity index (χ1v) is 13.9. The van der Waals surface area contributed by atoms with E-state index in [-0.39, 0.29) is 23.4 Å². The summed E-state index contributed by atoms with van der Waals surface area (Å²) in [6, 6.07) is 7.19. The van der Waals surface area contributed by atoms with Gasteiger partial charge in [-0.3, -0.25) is 9.69 Å². The van der Waals surface area contributed by atoms with Gasteiger partial charge in [0.2, 0.25) is 0 Å². The lowest BCUT2D eigenvalue weighted by Gasteiger charge is -2.33. The molecular formula is C25H28ClF2N3O4S. The molecule has 0 bridgehead atoms. The van der Waals surface area contributed by atoms with Crippen LogP contribution in [0, 0.1) is 11.6 Å². The molecule has 36 heavy (non-hydrogen) atoms. The van der Waals surface area contributed by atoms with Crippen LogP contribution in [0.2, 0.25) is 5.02 Å². The van der Waals surface area contributed by atoms with Crippen molar-refractivity contribution < 1.29 is 26.7 Å². The van der Waals surface area contributed by atoms with Crippen LogP contribution in [0.25, 0.3) is 0 Å². The van der Waals surface area contributed by atoms with E-state index in [2.05, 4.69) is 4.90 Å². The lowest BCUT2D eigenvalue weighted by molar-refractivity contribution is -0.0305. The number of hydrogen-bond acceptors (Lipinski definition) is 5. The second-order valence-electron chi connectivity index (χ2n) is 9.66. The van der Waals surface area contributed by atoms with E-state index in [4.69, 9.17) is 16.3 Å². The molecule has 2 aromatic rings. The van der Waals surface area contributed by atoms with Gasteiger partial charge in [0.15, 0.2) is 0 Å². The van der Waals surface area contributed by atoms with E-state index in [1.165, 1.54) is 24.3 Å². The number of amides is 1. The summed E-state index contributed by atoms with van der Waals surface area (Å²) in [5.41, 5.74) is 2.22. The fourth-order valence-electron chi connectivity index (χ4n) is 4.70. The SMILES string of the molecule is O=C(NS(=O)(=O)N1CCC1)c1cc(C2CC2)c(CN2CCOC(Cc3ccc(F)cc3Cl)C2)cc1F. The first-order chi connectivity index (χ1) is 17.2. The van der Waals surface area contributed by atoms with Gasteiger partial charge in [-0.25, -0.2) is 13.5 Å². The van der Waals surface area contributed by atoms with Gasteiger partial charge in [0.05, 0.1) is 18.3 Å². The van der Waals surface area contributed by atoms with Crippen molar-refractivity contribution in [2.45, 2.75) is 44.2 Å². The highest BCUT2D eigenvalue weighted by Crippen LogP contribution is 2.43. The quantitative estimate of drug-likeness (QED) is 0.554. The van der Waals surface area contributed by atoms with Crippen LogP contribution in [-0.2, 0) is 27.9 Å². The van der Waals surface area contributed by atoms with Crippen LogP contribution in [0.3, 0.4) is 0 Å². The van der Waals surface area contributed by atoms with E-state index in [1.54, 1.807) is 6.07 Å². The van der Waals surface area contributed by atoms with Gasteiger partial charge in [0, 0.05) is 44.2 Å². The second kappa shape index (κ2) is 10.3. The smallest absolute Gasteiger partial charge is 0.304 e. The Morgan fingerprint density at radius 3 is 2.56 bits per heavy atom. The zero-order valence-electron chi connectivity index (χ0n) is 19.7. The highest BCUT2D eigenvalue weighted by atomic mass is 35.5. The van der Waals surface area contributed by atoms with Crippen molar-refractivity contribution >= 4 is 27.7 Å². The fourth-order valence-corrected chi connectivity index (χ4v) is 6.16. The lowest BCUT2D eigenvalue weighted by Crippen LogP contribution is -2.49. The number of halogens is 3. The third-order valence-corrected chi connectivity index (χ3v) is 8.79. The zero-order chi connectivity index (χ0) is 25.4. The summed E-state index contributed by atoms with van der Waals surface area (Å²) < 4.78 is 62.1. The van der Waals surface area contributed by atoms with E-state index in [9.17, 15) is 17.6 Å². The summed E-state index contributed by atoms with van der Waals surface area (Å²) in [7, 11) is -3.96. The molecule has 2 aliphatic heterocycles. The fraction of sp³-hybridized carbons (Fsp3) is 0.480. The molecule has 3 aliphatic rings. The Hall–Kier alpha value is -2.11. The molecule has 1 atom stereocenters. The van der Waals surface area contributed by atoms with Crippen LogP contribution in [0.5, 0.6) is 0 Å². The molecule has 1 aliphatic carbocycles. The van der Waals surface area contributed by atoms with Crippen molar-refractivity contribution in [3.8, 4) is 0 Å². The summed E-state index contributed by atoms with van der Waals surface area (Å²) in [6.07, 6.45) is 3.02. The Balaban J connectivity index is 1.30. The molecule has 194 valence electrons. The predicted molar refractivity (Wildman–Crippen MR) is 131 cm³/mol. The number of nitrogens with zero attached hydrogens (tertiary/aromatic N) is 2. The first-order valence-electron chi connectivity index (χ1n) is 12.1. The van der Waals surface area contributed by atoms with E-state index in [0.717, 1.165) is 40.3 Å². The number of hydrogen-bond donors (Lipinski definition) is 1. The van der Waals surface area contributed by atoms with Crippen molar-refractivity contribution in [2.75, 3.05) is 32.8 Å². The number of carbonyl (C=O) groups is 1. The van der Waals surface area contributed by atoms with Crippen LogP contribution in [0.15, 0.2) is 30.3 Å². The van der Waals surface area contributed by atoms with Gasteiger partial charge < -0.3 is 4.74 Å². The number of carbonyl (C=O) groups excluding carboxylic acids is 1. The van der Waals surface area contributed by atoms with Crippen LogP contribution in [-0.4, -0.2) is 62.4 Å². The molecule has 0 spiro atoms. The standard InChI is InChI=1S/C25H28ClF2N3O4S/c26-23-12-19(27)5-4-17(23)10-20-15-30(8-9-35-20)14-18-11-24(28)22(13-21(18)16-2-3-16)25(32)29-36(33,34)31-6-1-7-31/h4-5,11-13,16,20H,1-3,6-10,14-15H2,(H,29,32). The maximum atomic E-state index is 15.1. The number of benzene rings is 2. The van der Waals surface area contributed by atoms with E-state index >= 15 is 4.39 Å². The molecule has 1 saturated carbocycles. The number of nitrogens with one attached hydrogen (secondary N) is 1. The van der Waals surface area contributed by atoms with Crippen molar-refractivity contribution in [3.63, 3.8) is 0 Å². The monoisotopic (exact) mass is 539 g/mol. The molecule has 1 N–H and O–H groups in total. The minimum absolute atomic E-state index is 0.146. The third-order valence-electron chi connectivity index (χ3n) is 6.95. The Morgan fingerprint density at radius 1 is 1.11 bits per heavy atom. The summed E-state index contributed by atoms with van der Waals surface area (Å²) in [6.45, 7) is 2.94. The predicted octanol–water partition coefficient (Wildman–Crippen LogP) is 3.62. The number of ether oxygens (including phenoxy) is 1. The van der Waals surface area contributed by atoms with E-state index in [1.807, 2.05) is 4.72 Å². The second-order valence-corrected chi connectivity index (χ2v) is 11.7. The maximum Gasteiger partial charge on any atom is 0.304 e. The molecule has 1 amide bonds. The van der Waals surface area contributed by atoms with Crippen LogP contribution in [0.1, 0.15) is 52.2 Å². The first kappa shape index (κ1) is 25.5. The average molecular weight is 540 g/mol. The van der Waals surface area contributed by atoms with Crippen LogP contribution in [0.4, 0.5) is 8.78 Å². The summed E-state index contributed by atoms with van der Waals surface area (Å²) in [4.78, 5) is 14.8. The number of rotatable bonds is 8. The maximum absolute atomic E-state index is 15.1. The largest absolute Gasteiger partial charge is 0.375 e. The number of morpholine rings is 1. The van der Waals surface area contributed by atoms with Crippen molar-refractivity contribution in [1.29, 1.82) is 0 Å². The minimum atomic E-state index is -3.96.